The van der Waals surface area contributed by atoms with Gasteiger partial charge in [-0.2, -0.15) is 0 Å². The normalized spacial score (nSPS) is 14.9. The van der Waals surface area contributed by atoms with Gasteiger partial charge in [0, 0.05) is 5.69 Å². The van der Waals surface area contributed by atoms with E-state index in [1.165, 1.54) is 24.3 Å². The van der Waals surface area contributed by atoms with Gasteiger partial charge >= 0.3 is 0 Å². The molecule has 4 N–H and O–H groups in total. The molecule has 1 unspecified atom stereocenters. The first kappa shape index (κ1) is 14.0. The minimum absolute atomic E-state index is 0.162. The van der Waals surface area contributed by atoms with Gasteiger partial charge in [-0.15, -0.1) is 0 Å². The number of benzene rings is 1. The molecule has 1 aromatic rings. The van der Waals surface area contributed by atoms with Crippen molar-refractivity contribution in [3.8, 4) is 0 Å². The van der Waals surface area contributed by atoms with Crippen LogP contribution in [0.25, 0.3) is 0 Å². The predicted molar refractivity (Wildman–Crippen MR) is 66.8 cm³/mol. The Morgan fingerprint density at radius 1 is 1.50 bits per heavy atom. The molecule has 5 nitrogen and oxygen atoms in total. The lowest BCUT2D eigenvalue weighted by atomic mass is 9.85. The Hall–Kier alpha value is -2.11. The highest BCUT2D eigenvalue weighted by molar-refractivity contribution is 6.11. The van der Waals surface area contributed by atoms with Gasteiger partial charge in [0.05, 0.1) is 0 Å². The molecule has 98 valence electrons. The third-order valence-electron chi connectivity index (χ3n) is 2.98. The Kier molecular flexibility index (Phi) is 4.25. The molecule has 0 bridgehead atoms. The number of amidine groups is 1. The summed E-state index contributed by atoms with van der Waals surface area (Å²) in [5.74, 6) is -0.959. The van der Waals surface area contributed by atoms with Crippen LogP contribution in [0.15, 0.2) is 29.4 Å². The molecule has 0 heterocycles. The molecule has 1 rings (SSSR count). The van der Waals surface area contributed by atoms with Crippen molar-refractivity contribution in [3.63, 3.8) is 0 Å². The van der Waals surface area contributed by atoms with E-state index in [9.17, 15) is 9.18 Å². The highest BCUT2D eigenvalue weighted by atomic mass is 19.1. The first-order valence-corrected chi connectivity index (χ1v) is 5.49. The molecule has 0 aliphatic rings. The second-order valence-electron chi connectivity index (χ2n) is 4.13. The van der Waals surface area contributed by atoms with Gasteiger partial charge in [0.1, 0.15) is 11.2 Å². The minimum atomic E-state index is -1.11. The van der Waals surface area contributed by atoms with Crippen LogP contribution in [0.2, 0.25) is 0 Å². The molecular weight excluding hydrogens is 237 g/mol. The Morgan fingerprint density at radius 3 is 2.50 bits per heavy atom. The van der Waals surface area contributed by atoms with E-state index in [1.54, 1.807) is 13.8 Å². The fourth-order valence-corrected chi connectivity index (χ4v) is 1.37. The van der Waals surface area contributed by atoms with Crippen LogP contribution in [-0.2, 0) is 4.79 Å². The van der Waals surface area contributed by atoms with Crippen molar-refractivity contribution in [2.75, 3.05) is 5.32 Å². The van der Waals surface area contributed by atoms with Crippen LogP contribution in [0.5, 0.6) is 0 Å². The van der Waals surface area contributed by atoms with Crippen LogP contribution in [0.3, 0.4) is 0 Å². The molecular formula is C12H16FN3O2. The Balaban J connectivity index is 2.90. The van der Waals surface area contributed by atoms with Crippen LogP contribution in [0, 0.1) is 11.2 Å². The fourth-order valence-electron chi connectivity index (χ4n) is 1.37. The molecule has 0 spiro atoms. The third-order valence-corrected chi connectivity index (χ3v) is 2.98. The maximum Gasteiger partial charge on any atom is 0.238 e. The summed E-state index contributed by atoms with van der Waals surface area (Å²) in [7, 11) is 0. The quantitative estimate of drug-likeness (QED) is 0.331. The number of halogens is 1. The van der Waals surface area contributed by atoms with Crippen LogP contribution in [-0.4, -0.2) is 17.0 Å². The molecule has 0 fully saturated rings. The molecule has 1 aromatic carbocycles. The molecule has 6 heteroatoms. The lowest BCUT2D eigenvalue weighted by molar-refractivity contribution is -0.121. The summed E-state index contributed by atoms with van der Waals surface area (Å²) in [5, 5.41) is 14.2. The molecule has 0 aliphatic carbocycles. The zero-order chi connectivity index (χ0) is 13.8. The van der Waals surface area contributed by atoms with E-state index in [4.69, 9.17) is 10.9 Å². The second-order valence-corrected chi connectivity index (χ2v) is 4.13. The summed E-state index contributed by atoms with van der Waals surface area (Å²) >= 11 is 0. The molecule has 0 radical (unpaired) electrons. The van der Waals surface area contributed by atoms with Gasteiger partial charge in [-0.3, -0.25) is 4.79 Å². The number of rotatable bonds is 4. The maximum atomic E-state index is 12.7. The van der Waals surface area contributed by atoms with E-state index in [1.807, 2.05) is 0 Å². The average molecular weight is 253 g/mol. The summed E-state index contributed by atoms with van der Waals surface area (Å²) < 4.78 is 12.7. The average Bonchev–Trinajstić information content (AvgIpc) is 2.39. The summed E-state index contributed by atoms with van der Waals surface area (Å²) in [6.45, 7) is 3.32. The minimum Gasteiger partial charge on any atom is -0.409 e. The number of nitrogens with two attached hydrogens (primary N) is 1. The van der Waals surface area contributed by atoms with Crippen molar-refractivity contribution in [1.82, 2.24) is 0 Å². The molecule has 1 amide bonds. The van der Waals surface area contributed by atoms with Crippen molar-refractivity contribution in [1.29, 1.82) is 0 Å². The number of hydrogen-bond acceptors (Lipinski definition) is 3. The summed E-state index contributed by atoms with van der Waals surface area (Å²) in [6.07, 6.45) is 0.371. The highest BCUT2D eigenvalue weighted by Gasteiger charge is 2.36. The number of oxime groups is 1. The zero-order valence-electron chi connectivity index (χ0n) is 10.3. The number of nitrogens with zero attached hydrogens (tertiary/aromatic N) is 1. The number of carbonyl (C=O) groups excluding carboxylic acids is 1. The van der Waals surface area contributed by atoms with E-state index < -0.39 is 11.3 Å². The second kappa shape index (κ2) is 5.48. The lowest BCUT2D eigenvalue weighted by Gasteiger charge is -2.25. The van der Waals surface area contributed by atoms with Gasteiger partial charge in [-0.05, 0) is 37.6 Å². The van der Waals surface area contributed by atoms with Crippen molar-refractivity contribution in [3.05, 3.63) is 30.1 Å². The van der Waals surface area contributed by atoms with Crippen LogP contribution >= 0.6 is 0 Å². The largest absolute Gasteiger partial charge is 0.409 e. The number of anilines is 1. The highest BCUT2D eigenvalue weighted by Crippen LogP contribution is 2.24. The van der Waals surface area contributed by atoms with Gasteiger partial charge < -0.3 is 16.3 Å². The Morgan fingerprint density at radius 2 is 2.06 bits per heavy atom. The third kappa shape index (κ3) is 2.77. The van der Waals surface area contributed by atoms with Crippen LogP contribution < -0.4 is 11.1 Å². The number of carbonyl (C=O) groups is 1. The van der Waals surface area contributed by atoms with E-state index in [-0.39, 0.29) is 11.7 Å². The van der Waals surface area contributed by atoms with Crippen LogP contribution in [0.1, 0.15) is 20.3 Å². The predicted octanol–water partition coefficient (Wildman–Crippen LogP) is 1.93. The number of hydrogen-bond donors (Lipinski definition) is 3. The maximum absolute atomic E-state index is 12.7. The van der Waals surface area contributed by atoms with Crippen LogP contribution in [0.4, 0.5) is 10.1 Å². The number of nitrogens with one attached hydrogen (secondary N) is 1. The number of amides is 1. The summed E-state index contributed by atoms with van der Waals surface area (Å²) in [4.78, 5) is 12.1. The van der Waals surface area contributed by atoms with E-state index in [0.29, 0.717) is 12.1 Å². The van der Waals surface area contributed by atoms with Crippen molar-refractivity contribution >= 4 is 17.4 Å². The Bertz CT molecular complexity index is 459. The van der Waals surface area contributed by atoms with E-state index in [2.05, 4.69) is 10.5 Å². The van der Waals surface area contributed by atoms with E-state index in [0.717, 1.165) is 0 Å². The first-order chi connectivity index (χ1) is 8.43. The van der Waals surface area contributed by atoms with Gasteiger partial charge in [-0.1, -0.05) is 12.1 Å². The van der Waals surface area contributed by atoms with Gasteiger partial charge in [0.15, 0.2) is 5.84 Å². The topological polar surface area (TPSA) is 87.7 Å². The van der Waals surface area contributed by atoms with Gasteiger partial charge in [0.25, 0.3) is 0 Å². The zero-order valence-corrected chi connectivity index (χ0v) is 10.3. The standard InChI is InChI=1S/C12H16FN3O2/c1-3-12(2,10(14)16-18)11(17)15-9-6-4-8(13)5-7-9/h4-7,18H,3H2,1-2H3,(H2,14,16)(H,15,17). The molecule has 0 aliphatic heterocycles. The first-order valence-electron chi connectivity index (χ1n) is 5.49. The van der Waals surface area contributed by atoms with Crippen molar-refractivity contribution < 1.29 is 14.4 Å². The smallest absolute Gasteiger partial charge is 0.238 e. The van der Waals surface area contributed by atoms with Crippen molar-refractivity contribution in [2.45, 2.75) is 20.3 Å². The lowest BCUT2D eigenvalue weighted by Crippen LogP contribution is -2.44. The molecule has 0 saturated heterocycles. The Labute approximate surface area is 104 Å². The monoisotopic (exact) mass is 253 g/mol. The van der Waals surface area contributed by atoms with Crippen molar-refractivity contribution in [2.24, 2.45) is 16.3 Å². The summed E-state index contributed by atoms with van der Waals surface area (Å²) in [6, 6.07) is 5.36. The molecule has 18 heavy (non-hydrogen) atoms. The SMILES string of the molecule is CCC(C)(C(=O)Nc1ccc(F)cc1)/C(N)=N/O. The molecule has 1 atom stereocenters. The molecule has 0 aromatic heterocycles. The van der Waals surface area contributed by atoms with Gasteiger partial charge in [0.2, 0.25) is 5.91 Å². The van der Waals surface area contributed by atoms with E-state index >= 15 is 0 Å². The molecule has 0 saturated carbocycles. The fraction of sp³-hybridized carbons (Fsp3) is 0.333. The summed E-state index contributed by atoms with van der Waals surface area (Å²) in [5.41, 5.74) is 4.86. The van der Waals surface area contributed by atoms with Gasteiger partial charge in [-0.25, -0.2) is 4.39 Å².